The summed E-state index contributed by atoms with van der Waals surface area (Å²) in [6.45, 7) is -0.290. The molecule has 4 N–H and O–H groups in total. The molecular formula is C11H14N2O5. The number of nitro groups is 1. The summed E-state index contributed by atoms with van der Waals surface area (Å²) in [7, 11) is 0. The number of non-ortho nitro benzene ring substituents is 1. The van der Waals surface area contributed by atoms with Crippen molar-refractivity contribution < 1.29 is 20.2 Å². The number of rotatable bonds is 3. The Bertz CT molecular complexity index is 436. The van der Waals surface area contributed by atoms with E-state index in [1.807, 2.05) is 0 Å². The van der Waals surface area contributed by atoms with Gasteiger partial charge in [-0.05, 0) is 5.56 Å². The van der Waals surface area contributed by atoms with Crippen molar-refractivity contribution in [1.29, 1.82) is 0 Å². The number of hydrogen-bond donors (Lipinski definition) is 4. The van der Waals surface area contributed by atoms with Crippen LogP contribution in [0.2, 0.25) is 0 Å². The monoisotopic (exact) mass is 254 g/mol. The van der Waals surface area contributed by atoms with E-state index in [0.717, 1.165) is 0 Å². The van der Waals surface area contributed by atoms with Gasteiger partial charge in [0.05, 0.1) is 29.7 Å². The first-order chi connectivity index (χ1) is 8.54. The molecule has 1 aliphatic rings. The maximum atomic E-state index is 10.5. The van der Waals surface area contributed by atoms with Crippen molar-refractivity contribution in [2.24, 2.45) is 0 Å². The van der Waals surface area contributed by atoms with Crippen molar-refractivity contribution in [3.05, 3.63) is 39.9 Å². The summed E-state index contributed by atoms with van der Waals surface area (Å²) in [5, 5.41) is 41.9. The van der Waals surface area contributed by atoms with E-state index in [9.17, 15) is 20.3 Å². The van der Waals surface area contributed by atoms with Crippen molar-refractivity contribution >= 4 is 5.69 Å². The molecule has 0 spiro atoms. The molecule has 0 aromatic heterocycles. The van der Waals surface area contributed by atoms with E-state index in [4.69, 9.17) is 5.11 Å². The minimum atomic E-state index is -1.06. The molecule has 1 fully saturated rings. The molecule has 0 aliphatic carbocycles. The lowest BCUT2D eigenvalue weighted by molar-refractivity contribution is -0.384. The van der Waals surface area contributed by atoms with Gasteiger partial charge in [0, 0.05) is 12.1 Å². The summed E-state index contributed by atoms with van der Waals surface area (Å²) in [5.74, 6) is 0. The summed E-state index contributed by atoms with van der Waals surface area (Å²) < 4.78 is 0. The summed E-state index contributed by atoms with van der Waals surface area (Å²) in [5.41, 5.74) is 0.591. The van der Waals surface area contributed by atoms with Crippen LogP contribution in [0.5, 0.6) is 0 Å². The first-order valence-electron chi connectivity index (χ1n) is 5.52. The molecule has 0 amide bonds. The molecular weight excluding hydrogens is 240 g/mol. The van der Waals surface area contributed by atoms with Crippen molar-refractivity contribution in [3.8, 4) is 0 Å². The molecule has 4 atom stereocenters. The normalized spacial score (nSPS) is 31.5. The van der Waals surface area contributed by atoms with Gasteiger partial charge >= 0.3 is 0 Å². The van der Waals surface area contributed by atoms with Crippen LogP contribution >= 0.6 is 0 Å². The van der Waals surface area contributed by atoms with Crippen molar-refractivity contribution in [3.63, 3.8) is 0 Å². The molecule has 1 heterocycles. The zero-order valence-electron chi connectivity index (χ0n) is 9.43. The molecule has 2 rings (SSSR count). The highest BCUT2D eigenvalue weighted by atomic mass is 16.6. The Balaban J connectivity index is 2.19. The van der Waals surface area contributed by atoms with E-state index in [-0.39, 0.29) is 12.3 Å². The molecule has 0 radical (unpaired) electrons. The van der Waals surface area contributed by atoms with Gasteiger partial charge in [-0.15, -0.1) is 0 Å². The average Bonchev–Trinajstić information content (AvgIpc) is 2.66. The van der Waals surface area contributed by atoms with Gasteiger partial charge in [0.1, 0.15) is 6.10 Å². The number of hydrogen-bond acceptors (Lipinski definition) is 6. The van der Waals surface area contributed by atoms with Gasteiger partial charge < -0.3 is 20.6 Å². The highest BCUT2D eigenvalue weighted by molar-refractivity contribution is 5.35. The lowest BCUT2D eigenvalue weighted by atomic mass is 10.0. The molecule has 0 unspecified atom stereocenters. The fourth-order valence-electron chi connectivity index (χ4n) is 2.12. The second-order valence-electron chi connectivity index (χ2n) is 4.26. The number of benzene rings is 1. The van der Waals surface area contributed by atoms with Gasteiger partial charge in [-0.2, -0.15) is 0 Å². The third-order valence-electron chi connectivity index (χ3n) is 3.16. The van der Waals surface area contributed by atoms with Crippen LogP contribution in [-0.2, 0) is 0 Å². The Labute approximate surface area is 103 Å². The maximum Gasteiger partial charge on any atom is 0.269 e. The Hall–Kier alpha value is -1.54. The number of aliphatic hydroxyl groups excluding tert-OH is 3. The van der Waals surface area contributed by atoms with Crippen molar-refractivity contribution in [2.75, 3.05) is 6.61 Å². The van der Waals surface area contributed by atoms with E-state index < -0.39 is 29.2 Å². The summed E-state index contributed by atoms with van der Waals surface area (Å²) in [6, 6.07) is 4.57. The highest BCUT2D eigenvalue weighted by Crippen LogP contribution is 2.28. The van der Waals surface area contributed by atoms with Crippen LogP contribution in [0, 0.1) is 10.1 Å². The van der Waals surface area contributed by atoms with Crippen LogP contribution in [0.3, 0.4) is 0 Å². The van der Waals surface area contributed by atoms with Gasteiger partial charge in [0.2, 0.25) is 0 Å². The first kappa shape index (κ1) is 12.9. The predicted octanol–water partition coefficient (Wildman–Crippen LogP) is -0.678. The quantitative estimate of drug-likeness (QED) is 0.419. The van der Waals surface area contributed by atoms with E-state index in [1.165, 1.54) is 24.3 Å². The molecule has 7 heteroatoms. The van der Waals surface area contributed by atoms with E-state index in [2.05, 4.69) is 5.32 Å². The number of nitro benzene ring substituents is 1. The predicted molar refractivity (Wildman–Crippen MR) is 61.9 cm³/mol. The molecule has 1 saturated heterocycles. The highest BCUT2D eigenvalue weighted by Gasteiger charge is 2.41. The molecule has 7 nitrogen and oxygen atoms in total. The Morgan fingerprint density at radius 1 is 1.22 bits per heavy atom. The second-order valence-corrected chi connectivity index (χ2v) is 4.26. The van der Waals surface area contributed by atoms with Gasteiger partial charge in [-0.3, -0.25) is 10.1 Å². The molecule has 1 aromatic rings. The molecule has 1 aromatic carbocycles. The Kier molecular flexibility index (Phi) is 3.58. The van der Waals surface area contributed by atoms with Crippen LogP contribution in [0.4, 0.5) is 5.69 Å². The SMILES string of the molecule is O=[N+]([O-])c1ccc([C@@H]2N[C@@H](CO)[C@H](O)[C@H]2O)cc1. The lowest BCUT2D eigenvalue weighted by Gasteiger charge is -2.15. The second kappa shape index (κ2) is 4.99. The van der Waals surface area contributed by atoms with E-state index in [1.54, 1.807) is 0 Å². The zero-order valence-corrected chi connectivity index (χ0v) is 9.43. The van der Waals surface area contributed by atoms with Crippen molar-refractivity contribution in [1.82, 2.24) is 5.32 Å². The van der Waals surface area contributed by atoms with Gasteiger partial charge in [-0.25, -0.2) is 0 Å². The van der Waals surface area contributed by atoms with Crippen molar-refractivity contribution in [2.45, 2.75) is 24.3 Å². The van der Waals surface area contributed by atoms with Crippen LogP contribution < -0.4 is 5.32 Å². The Morgan fingerprint density at radius 2 is 1.83 bits per heavy atom. The maximum absolute atomic E-state index is 10.5. The Morgan fingerprint density at radius 3 is 2.28 bits per heavy atom. The summed E-state index contributed by atoms with van der Waals surface area (Å²) in [4.78, 5) is 10.0. The van der Waals surface area contributed by atoms with Crippen LogP contribution in [0.25, 0.3) is 0 Å². The number of nitrogens with one attached hydrogen (secondary N) is 1. The summed E-state index contributed by atoms with van der Waals surface area (Å²) in [6.07, 6.45) is -2.11. The van der Waals surface area contributed by atoms with Crippen LogP contribution in [-0.4, -0.2) is 45.1 Å². The molecule has 0 bridgehead atoms. The summed E-state index contributed by atoms with van der Waals surface area (Å²) >= 11 is 0. The fourth-order valence-corrected chi connectivity index (χ4v) is 2.12. The molecule has 1 aliphatic heterocycles. The van der Waals surface area contributed by atoms with Gasteiger partial charge in [0.25, 0.3) is 5.69 Å². The van der Waals surface area contributed by atoms with Gasteiger partial charge in [0.15, 0.2) is 0 Å². The third kappa shape index (κ3) is 2.21. The fraction of sp³-hybridized carbons (Fsp3) is 0.455. The topological polar surface area (TPSA) is 116 Å². The van der Waals surface area contributed by atoms with Crippen LogP contribution in [0.1, 0.15) is 11.6 Å². The minimum absolute atomic E-state index is 0.0366. The zero-order chi connectivity index (χ0) is 13.3. The number of aliphatic hydroxyl groups is 3. The number of nitrogens with zero attached hydrogens (tertiary/aromatic N) is 1. The third-order valence-corrected chi connectivity index (χ3v) is 3.16. The minimum Gasteiger partial charge on any atom is -0.395 e. The van der Waals surface area contributed by atoms with Gasteiger partial charge in [-0.1, -0.05) is 12.1 Å². The first-order valence-corrected chi connectivity index (χ1v) is 5.52. The molecule has 98 valence electrons. The molecule has 18 heavy (non-hydrogen) atoms. The van der Waals surface area contributed by atoms with E-state index in [0.29, 0.717) is 5.56 Å². The molecule has 0 saturated carbocycles. The largest absolute Gasteiger partial charge is 0.395 e. The van der Waals surface area contributed by atoms with E-state index >= 15 is 0 Å². The van der Waals surface area contributed by atoms with Crippen LogP contribution in [0.15, 0.2) is 24.3 Å². The standard InChI is InChI=1S/C11H14N2O5/c14-5-8-10(15)11(16)9(12-8)6-1-3-7(4-2-6)13(17)18/h1-4,8-12,14-16H,5H2/t8-,9-,10-,11-/m0/s1. The lowest BCUT2D eigenvalue weighted by Crippen LogP contribution is -2.35. The smallest absolute Gasteiger partial charge is 0.269 e. The average molecular weight is 254 g/mol.